The molecule has 0 saturated heterocycles. The van der Waals surface area contributed by atoms with Crippen molar-refractivity contribution in [2.45, 2.75) is 51.0 Å². The summed E-state index contributed by atoms with van der Waals surface area (Å²) in [5, 5.41) is 7.66. The summed E-state index contributed by atoms with van der Waals surface area (Å²) in [7, 11) is 0. The highest BCUT2D eigenvalue weighted by Crippen LogP contribution is 2.39. The SMILES string of the molecule is Cc1nc(C2(NC(=O)Cc3cc(Cl)c4c(c3)OCCCO4)CCCC2)no1. The first-order valence-electron chi connectivity index (χ1n) is 9.26. The third-order valence-electron chi connectivity index (χ3n) is 5.02. The number of aromatic nitrogens is 2. The van der Waals surface area contributed by atoms with E-state index in [2.05, 4.69) is 15.5 Å². The number of nitrogens with zero attached hydrogens (tertiary/aromatic N) is 2. The second-order valence-corrected chi connectivity index (χ2v) is 7.51. The fourth-order valence-electron chi connectivity index (χ4n) is 3.76. The first kappa shape index (κ1) is 18.1. The van der Waals surface area contributed by atoms with Gasteiger partial charge in [0.05, 0.1) is 24.7 Å². The molecule has 1 saturated carbocycles. The van der Waals surface area contributed by atoms with Gasteiger partial charge in [0.25, 0.3) is 0 Å². The summed E-state index contributed by atoms with van der Waals surface area (Å²) < 4.78 is 16.5. The maximum Gasteiger partial charge on any atom is 0.225 e. The minimum atomic E-state index is -0.552. The molecule has 7 nitrogen and oxygen atoms in total. The lowest BCUT2D eigenvalue weighted by Gasteiger charge is -2.26. The molecule has 144 valence electrons. The van der Waals surface area contributed by atoms with Crippen molar-refractivity contribution in [3.63, 3.8) is 0 Å². The van der Waals surface area contributed by atoms with Crippen LogP contribution in [0.1, 0.15) is 49.4 Å². The number of halogens is 1. The molecule has 2 aliphatic rings. The second-order valence-electron chi connectivity index (χ2n) is 7.11. The van der Waals surface area contributed by atoms with Gasteiger partial charge in [-0.3, -0.25) is 4.79 Å². The molecule has 27 heavy (non-hydrogen) atoms. The standard InChI is InChI=1S/C19H22ClN3O4/c1-12-21-18(23-27-12)19(5-2-3-6-19)22-16(24)11-13-9-14(20)17-15(10-13)25-7-4-8-26-17/h9-10H,2-8,11H2,1H3,(H,22,24). The van der Waals surface area contributed by atoms with Gasteiger partial charge >= 0.3 is 0 Å². The lowest BCUT2D eigenvalue weighted by atomic mass is 9.96. The number of nitrogens with one attached hydrogen (secondary N) is 1. The highest BCUT2D eigenvalue weighted by Gasteiger charge is 2.41. The topological polar surface area (TPSA) is 86.5 Å². The van der Waals surface area contributed by atoms with E-state index in [0.29, 0.717) is 41.5 Å². The molecule has 1 fully saturated rings. The zero-order valence-electron chi connectivity index (χ0n) is 15.2. The number of hydrogen-bond donors (Lipinski definition) is 1. The van der Waals surface area contributed by atoms with Crippen LogP contribution in [-0.2, 0) is 16.8 Å². The third kappa shape index (κ3) is 3.74. The Labute approximate surface area is 162 Å². The predicted octanol–water partition coefficient (Wildman–Crippen LogP) is 3.32. The lowest BCUT2D eigenvalue weighted by molar-refractivity contribution is -0.122. The molecule has 0 spiro atoms. The summed E-state index contributed by atoms with van der Waals surface area (Å²) in [4.78, 5) is 17.1. The normalized spacial score (nSPS) is 18.1. The van der Waals surface area contributed by atoms with Crippen LogP contribution in [-0.4, -0.2) is 29.3 Å². The van der Waals surface area contributed by atoms with Gasteiger partial charge < -0.3 is 19.3 Å². The molecule has 0 bridgehead atoms. The predicted molar refractivity (Wildman–Crippen MR) is 98.1 cm³/mol. The van der Waals surface area contributed by atoms with E-state index in [-0.39, 0.29) is 12.3 Å². The first-order chi connectivity index (χ1) is 13.1. The average molecular weight is 392 g/mol. The molecule has 0 unspecified atom stereocenters. The average Bonchev–Trinajstić information content (AvgIpc) is 3.19. The van der Waals surface area contributed by atoms with Crippen LogP contribution in [0, 0.1) is 6.92 Å². The van der Waals surface area contributed by atoms with Crippen LogP contribution in [0.5, 0.6) is 11.5 Å². The second kappa shape index (κ2) is 7.38. The van der Waals surface area contributed by atoms with E-state index in [1.807, 2.05) is 6.07 Å². The molecule has 0 atom stereocenters. The molecular formula is C19H22ClN3O4. The minimum absolute atomic E-state index is 0.107. The zero-order chi connectivity index (χ0) is 18.9. The molecule has 1 amide bonds. The molecule has 2 heterocycles. The maximum atomic E-state index is 12.8. The van der Waals surface area contributed by atoms with E-state index in [1.165, 1.54) is 0 Å². The number of fused-ring (bicyclic) bond motifs is 1. The Bertz CT molecular complexity index is 845. The number of rotatable bonds is 4. The molecule has 1 aliphatic carbocycles. The highest BCUT2D eigenvalue weighted by atomic mass is 35.5. The van der Waals surface area contributed by atoms with Crippen molar-refractivity contribution in [2.75, 3.05) is 13.2 Å². The Morgan fingerprint density at radius 1 is 1.22 bits per heavy atom. The summed E-state index contributed by atoms with van der Waals surface area (Å²) in [5.74, 6) is 2.09. The van der Waals surface area contributed by atoms with Crippen LogP contribution in [0.25, 0.3) is 0 Å². The first-order valence-corrected chi connectivity index (χ1v) is 9.63. The Balaban J connectivity index is 1.52. The molecule has 1 aliphatic heterocycles. The molecular weight excluding hydrogens is 370 g/mol. The number of aryl methyl sites for hydroxylation is 1. The molecule has 1 aromatic heterocycles. The number of hydrogen-bond acceptors (Lipinski definition) is 6. The largest absolute Gasteiger partial charge is 0.489 e. The van der Waals surface area contributed by atoms with E-state index < -0.39 is 5.54 Å². The van der Waals surface area contributed by atoms with Gasteiger partial charge in [0.15, 0.2) is 17.3 Å². The van der Waals surface area contributed by atoms with E-state index >= 15 is 0 Å². The van der Waals surface area contributed by atoms with Crippen molar-refractivity contribution in [2.24, 2.45) is 0 Å². The van der Waals surface area contributed by atoms with Gasteiger partial charge in [-0.25, -0.2) is 0 Å². The summed E-state index contributed by atoms with van der Waals surface area (Å²) in [6.07, 6.45) is 4.63. The van der Waals surface area contributed by atoms with Crippen molar-refractivity contribution in [1.82, 2.24) is 15.5 Å². The van der Waals surface area contributed by atoms with Gasteiger partial charge in [0.1, 0.15) is 5.54 Å². The molecule has 8 heteroatoms. The van der Waals surface area contributed by atoms with Crippen LogP contribution in [0.4, 0.5) is 0 Å². The molecule has 4 rings (SSSR count). The van der Waals surface area contributed by atoms with Crippen molar-refractivity contribution < 1.29 is 18.8 Å². The number of carbonyl (C=O) groups is 1. The molecule has 1 N–H and O–H groups in total. The highest BCUT2D eigenvalue weighted by molar-refractivity contribution is 6.32. The van der Waals surface area contributed by atoms with Crippen LogP contribution < -0.4 is 14.8 Å². The van der Waals surface area contributed by atoms with E-state index in [1.54, 1.807) is 13.0 Å². The molecule has 2 aromatic rings. The van der Waals surface area contributed by atoms with Crippen LogP contribution in [0.3, 0.4) is 0 Å². The molecule has 1 aromatic carbocycles. The maximum absolute atomic E-state index is 12.8. The number of carbonyl (C=O) groups excluding carboxylic acids is 1. The summed E-state index contributed by atoms with van der Waals surface area (Å²) in [6, 6.07) is 3.58. The van der Waals surface area contributed by atoms with Crippen molar-refractivity contribution in [3.05, 3.63) is 34.4 Å². The van der Waals surface area contributed by atoms with Crippen LogP contribution in [0.2, 0.25) is 5.02 Å². The van der Waals surface area contributed by atoms with Crippen molar-refractivity contribution in [3.8, 4) is 11.5 Å². The zero-order valence-corrected chi connectivity index (χ0v) is 16.0. The lowest BCUT2D eigenvalue weighted by Crippen LogP contribution is -2.45. The van der Waals surface area contributed by atoms with Crippen molar-refractivity contribution >= 4 is 17.5 Å². The van der Waals surface area contributed by atoms with E-state index in [9.17, 15) is 4.79 Å². The fraction of sp³-hybridized carbons (Fsp3) is 0.526. The third-order valence-corrected chi connectivity index (χ3v) is 5.30. The summed E-state index contributed by atoms with van der Waals surface area (Å²) in [6.45, 7) is 2.89. The Hall–Kier alpha value is -2.28. The number of ether oxygens (including phenoxy) is 2. The Morgan fingerprint density at radius 2 is 2.00 bits per heavy atom. The minimum Gasteiger partial charge on any atom is -0.489 e. The number of benzene rings is 1. The van der Waals surface area contributed by atoms with Gasteiger partial charge in [0, 0.05) is 13.3 Å². The summed E-state index contributed by atoms with van der Waals surface area (Å²) in [5.41, 5.74) is 0.225. The van der Waals surface area contributed by atoms with Gasteiger partial charge in [-0.2, -0.15) is 4.98 Å². The smallest absolute Gasteiger partial charge is 0.225 e. The number of amides is 1. The van der Waals surface area contributed by atoms with Gasteiger partial charge in [-0.15, -0.1) is 0 Å². The summed E-state index contributed by atoms with van der Waals surface area (Å²) >= 11 is 6.33. The quantitative estimate of drug-likeness (QED) is 0.860. The van der Waals surface area contributed by atoms with Crippen LogP contribution in [0.15, 0.2) is 16.7 Å². The Kier molecular flexibility index (Phi) is 4.95. The van der Waals surface area contributed by atoms with Crippen molar-refractivity contribution in [1.29, 1.82) is 0 Å². The molecule has 0 radical (unpaired) electrons. The Morgan fingerprint density at radius 3 is 2.74 bits per heavy atom. The van der Waals surface area contributed by atoms with E-state index in [0.717, 1.165) is 37.7 Å². The van der Waals surface area contributed by atoms with Gasteiger partial charge in [-0.1, -0.05) is 29.6 Å². The van der Waals surface area contributed by atoms with E-state index in [4.69, 9.17) is 25.6 Å². The fourth-order valence-corrected chi connectivity index (χ4v) is 4.05. The van der Waals surface area contributed by atoms with Gasteiger partial charge in [0.2, 0.25) is 11.8 Å². The monoisotopic (exact) mass is 391 g/mol. The van der Waals surface area contributed by atoms with Crippen LogP contribution >= 0.6 is 11.6 Å². The van der Waals surface area contributed by atoms with Gasteiger partial charge in [-0.05, 0) is 30.5 Å².